The van der Waals surface area contributed by atoms with E-state index in [1.54, 1.807) is 16.6 Å². The predicted octanol–water partition coefficient (Wildman–Crippen LogP) is 2.21. The van der Waals surface area contributed by atoms with Crippen molar-refractivity contribution in [1.82, 2.24) is 14.6 Å². The number of fused-ring (bicyclic) bond motifs is 1. The lowest BCUT2D eigenvalue weighted by atomic mass is 10.1. The summed E-state index contributed by atoms with van der Waals surface area (Å²) >= 11 is 0. The van der Waals surface area contributed by atoms with Gasteiger partial charge in [0.25, 0.3) is 0 Å². The molecule has 0 bridgehead atoms. The van der Waals surface area contributed by atoms with Crippen molar-refractivity contribution in [3.63, 3.8) is 0 Å². The number of hydrogen-bond donors (Lipinski definition) is 1. The van der Waals surface area contributed by atoms with Crippen molar-refractivity contribution >= 4 is 11.6 Å². The lowest BCUT2D eigenvalue weighted by molar-refractivity contribution is 0.950. The molecule has 0 atom stereocenters. The highest BCUT2D eigenvalue weighted by atomic mass is 15.3. The van der Waals surface area contributed by atoms with Crippen LogP contribution in [0.1, 0.15) is 11.1 Å². The molecule has 0 amide bonds. The molecule has 0 aliphatic carbocycles. The summed E-state index contributed by atoms with van der Waals surface area (Å²) < 4.78 is 1.72. The summed E-state index contributed by atoms with van der Waals surface area (Å²) in [4.78, 5) is 4.35. The van der Waals surface area contributed by atoms with Crippen molar-refractivity contribution in [2.45, 2.75) is 6.54 Å². The molecule has 2 aromatic heterocycles. The Hall–Kier alpha value is -2.87. The van der Waals surface area contributed by atoms with Crippen molar-refractivity contribution < 1.29 is 0 Å². The molecule has 19 heavy (non-hydrogen) atoms. The van der Waals surface area contributed by atoms with Gasteiger partial charge in [0.15, 0.2) is 5.65 Å². The summed E-state index contributed by atoms with van der Waals surface area (Å²) in [7, 11) is 0. The molecular weight excluding hydrogens is 238 g/mol. The molecule has 0 aliphatic heterocycles. The first-order valence-electron chi connectivity index (χ1n) is 5.89. The van der Waals surface area contributed by atoms with Gasteiger partial charge in [-0.2, -0.15) is 10.2 Å². The third-order valence-corrected chi connectivity index (χ3v) is 2.77. The van der Waals surface area contributed by atoms with E-state index in [1.807, 2.05) is 36.5 Å². The summed E-state index contributed by atoms with van der Waals surface area (Å²) in [5.41, 5.74) is 2.55. The van der Waals surface area contributed by atoms with Crippen LogP contribution in [0.5, 0.6) is 0 Å². The van der Waals surface area contributed by atoms with Gasteiger partial charge in [0.2, 0.25) is 5.95 Å². The van der Waals surface area contributed by atoms with E-state index in [-0.39, 0.29) is 0 Å². The molecule has 5 nitrogen and oxygen atoms in total. The summed E-state index contributed by atoms with van der Waals surface area (Å²) in [6.45, 7) is 0.628. The van der Waals surface area contributed by atoms with Crippen molar-refractivity contribution in [1.29, 1.82) is 5.26 Å². The van der Waals surface area contributed by atoms with Crippen LogP contribution in [0.15, 0.2) is 48.7 Å². The zero-order valence-corrected chi connectivity index (χ0v) is 10.1. The number of hydrogen-bond acceptors (Lipinski definition) is 4. The fourth-order valence-corrected chi connectivity index (χ4v) is 1.78. The second-order valence-electron chi connectivity index (χ2n) is 4.10. The number of rotatable bonds is 3. The number of benzene rings is 1. The Morgan fingerprint density at radius 1 is 1.16 bits per heavy atom. The van der Waals surface area contributed by atoms with Gasteiger partial charge in [-0.05, 0) is 29.8 Å². The molecule has 3 aromatic rings. The maximum absolute atomic E-state index is 8.73. The molecule has 1 N–H and O–H groups in total. The molecule has 0 aliphatic rings. The average Bonchev–Trinajstić information content (AvgIpc) is 2.88. The highest BCUT2D eigenvalue weighted by molar-refractivity contribution is 5.43. The maximum Gasteiger partial charge on any atom is 0.243 e. The van der Waals surface area contributed by atoms with Gasteiger partial charge in [0, 0.05) is 12.7 Å². The largest absolute Gasteiger partial charge is 0.349 e. The van der Waals surface area contributed by atoms with E-state index in [2.05, 4.69) is 21.5 Å². The SMILES string of the molecule is N#Cc1ccc(CNc2nc3ccccn3n2)cc1. The molecule has 0 radical (unpaired) electrons. The molecule has 0 unspecified atom stereocenters. The number of nitrogens with zero attached hydrogens (tertiary/aromatic N) is 4. The molecule has 92 valence electrons. The van der Waals surface area contributed by atoms with Gasteiger partial charge in [-0.3, -0.25) is 0 Å². The average molecular weight is 249 g/mol. The van der Waals surface area contributed by atoms with Crippen LogP contribution in [0, 0.1) is 11.3 Å². The van der Waals surface area contributed by atoms with E-state index in [0.717, 1.165) is 11.2 Å². The second-order valence-corrected chi connectivity index (χ2v) is 4.10. The molecule has 0 saturated heterocycles. The summed E-state index contributed by atoms with van der Waals surface area (Å²) in [6, 6.07) is 15.3. The molecule has 2 heterocycles. The highest BCUT2D eigenvalue weighted by Gasteiger charge is 2.02. The molecule has 5 heteroatoms. The Kier molecular flexibility index (Phi) is 2.83. The van der Waals surface area contributed by atoms with Crippen LogP contribution in [-0.2, 0) is 6.54 Å². The monoisotopic (exact) mass is 249 g/mol. The quantitative estimate of drug-likeness (QED) is 0.772. The Bertz CT molecular complexity index is 703. The standard InChI is InChI=1S/C14H11N5/c15-9-11-4-6-12(7-5-11)10-16-14-17-13-3-1-2-8-19(13)18-14/h1-8H,10H2,(H,16,18). The van der Waals surface area contributed by atoms with E-state index in [1.165, 1.54) is 0 Å². The fourth-order valence-electron chi connectivity index (χ4n) is 1.78. The lowest BCUT2D eigenvalue weighted by Gasteiger charge is -2.01. The van der Waals surface area contributed by atoms with Crippen LogP contribution >= 0.6 is 0 Å². The molecule has 0 saturated carbocycles. The highest BCUT2D eigenvalue weighted by Crippen LogP contribution is 2.08. The minimum absolute atomic E-state index is 0.593. The van der Waals surface area contributed by atoms with Gasteiger partial charge in [0.05, 0.1) is 11.6 Å². The van der Waals surface area contributed by atoms with Crippen molar-refractivity contribution in [2.24, 2.45) is 0 Å². The first-order chi connectivity index (χ1) is 9.35. The minimum atomic E-state index is 0.593. The first kappa shape index (κ1) is 11.2. The molecule has 3 rings (SSSR count). The number of nitrogens with one attached hydrogen (secondary N) is 1. The number of nitriles is 1. The molecule has 0 spiro atoms. The van der Waals surface area contributed by atoms with Crippen molar-refractivity contribution in [3.05, 3.63) is 59.8 Å². The number of pyridine rings is 1. The van der Waals surface area contributed by atoms with Gasteiger partial charge in [-0.15, -0.1) is 5.10 Å². The van der Waals surface area contributed by atoms with Gasteiger partial charge >= 0.3 is 0 Å². The molecular formula is C14H11N5. The fraction of sp³-hybridized carbons (Fsp3) is 0.0714. The van der Waals surface area contributed by atoms with Crippen LogP contribution in [0.2, 0.25) is 0 Å². The maximum atomic E-state index is 8.73. The smallest absolute Gasteiger partial charge is 0.243 e. The second kappa shape index (κ2) is 4.78. The zero-order valence-electron chi connectivity index (χ0n) is 10.1. The van der Waals surface area contributed by atoms with E-state index >= 15 is 0 Å². The van der Waals surface area contributed by atoms with Crippen molar-refractivity contribution in [2.75, 3.05) is 5.32 Å². The third kappa shape index (κ3) is 2.38. The Morgan fingerprint density at radius 2 is 2.00 bits per heavy atom. The van der Waals surface area contributed by atoms with Gasteiger partial charge in [-0.25, -0.2) is 4.52 Å². The minimum Gasteiger partial charge on any atom is -0.349 e. The van der Waals surface area contributed by atoms with E-state index in [0.29, 0.717) is 18.1 Å². The summed E-state index contributed by atoms with van der Waals surface area (Å²) in [5, 5.41) is 16.2. The number of anilines is 1. The Balaban J connectivity index is 1.73. The van der Waals surface area contributed by atoms with E-state index in [9.17, 15) is 0 Å². The summed E-state index contributed by atoms with van der Waals surface area (Å²) in [6.07, 6.45) is 1.86. The normalized spacial score (nSPS) is 10.3. The zero-order chi connectivity index (χ0) is 13.1. The van der Waals surface area contributed by atoms with Crippen LogP contribution in [0.25, 0.3) is 5.65 Å². The van der Waals surface area contributed by atoms with Gasteiger partial charge in [-0.1, -0.05) is 18.2 Å². The van der Waals surface area contributed by atoms with E-state index in [4.69, 9.17) is 5.26 Å². The summed E-state index contributed by atoms with van der Waals surface area (Å²) in [5.74, 6) is 0.593. The molecule has 0 fully saturated rings. The lowest BCUT2D eigenvalue weighted by Crippen LogP contribution is -2.01. The van der Waals surface area contributed by atoms with Gasteiger partial charge in [0.1, 0.15) is 0 Å². The van der Waals surface area contributed by atoms with Gasteiger partial charge < -0.3 is 5.32 Å². The third-order valence-electron chi connectivity index (χ3n) is 2.77. The number of aromatic nitrogens is 3. The Labute approximate surface area is 110 Å². The van der Waals surface area contributed by atoms with Crippen LogP contribution in [0.4, 0.5) is 5.95 Å². The first-order valence-corrected chi connectivity index (χ1v) is 5.89. The van der Waals surface area contributed by atoms with Crippen LogP contribution in [0.3, 0.4) is 0 Å². The van der Waals surface area contributed by atoms with Crippen molar-refractivity contribution in [3.8, 4) is 6.07 Å². The predicted molar refractivity (Wildman–Crippen MR) is 71.5 cm³/mol. The van der Waals surface area contributed by atoms with Crippen LogP contribution in [-0.4, -0.2) is 14.6 Å². The molecule has 1 aromatic carbocycles. The topological polar surface area (TPSA) is 66.0 Å². The van der Waals surface area contributed by atoms with E-state index < -0.39 is 0 Å². The van der Waals surface area contributed by atoms with Crippen LogP contribution < -0.4 is 5.32 Å². The Morgan fingerprint density at radius 3 is 2.74 bits per heavy atom.